The van der Waals surface area contributed by atoms with E-state index >= 15 is 0 Å². The van der Waals surface area contributed by atoms with E-state index in [4.69, 9.17) is 56.8 Å². The molecule has 15 atom stereocenters. The van der Waals surface area contributed by atoms with Gasteiger partial charge in [0.2, 0.25) is 5.91 Å². The van der Waals surface area contributed by atoms with Crippen LogP contribution in [0, 0.1) is 0 Å². The summed E-state index contributed by atoms with van der Waals surface area (Å²) in [6, 6.07) is 21.9. The molecule has 0 saturated carbocycles. The predicted molar refractivity (Wildman–Crippen MR) is 269 cm³/mol. The van der Waals surface area contributed by atoms with Crippen LogP contribution in [0.1, 0.15) is 80.3 Å². The average Bonchev–Trinajstić information content (AvgIpc) is 3.73. The first kappa shape index (κ1) is 59.3. The van der Waals surface area contributed by atoms with E-state index in [9.17, 15) is 43.5 Å². The first-order valence-electron chi connectivity index (χ1n) is 25.2. The Morgan fingerprint density at radius 3 is 1.55 bits per heavy atom. The minimum absolute atomic E-state index is 0.0918. The second-order valence-electron chi connectivity index (χ2n) is 18.6. The minimum atomic E-state index is -2.07. The molecule has 422 valence electrons. The van der Waals surface area contributed by atoms with Crippen molar-refractivity contribution in [2.75, 3.05) is 25.6 Å². The molecule has 0 aromatic heterocycles. The lowest BCUT2D eigenvalue weighted by molar-refractivity contribution is -0.365. The lowest BCUT2D eigenvalue weighted by atomic mass is 9.94. The number of nitrogens with zero attached hydrogens (tertiary/aromatic N) is 1. The largest absolute Gasteiger partial charge is 0.463 e. The molecule has 0 unspecified atom stereocenters. The average molecular weight is 1110 g/mol. The monoisotopic (exact) mass is 1110 g/mol. The number of hydrogen-bond donors (Lipinski definition) is 2. The minimum Gasteiger partial charge on any atom is -0.463 e. The molecule has 0 radical (unpaired) electrons. The standard InChI is InChI=1S/C54H64N2O21S/c1-8-78-54-42(56-50(64)36-21-15-16-22-37(36)51(56)65)48(69-24-35-19-13-10-14-20-35)45(38(75-54)25-66-23-34-17-11-9-12-18-34)76-53-43(63)49(46(71-32(6)61)40(74-53)27-68-30(4)59)77-52-41(55-28(2)57)47(72-33(7)62)44(70-31(5)60)39(73-52)26-67-29(3)58/h9-22,38-49,52-54,63H,8,23-27H2,1-7H3,(H,55,57)/t38-,39-,40-,41-,42-,43-,44+,45-,46+,47-,48-,49-,52-,53+,54+/m1/s1. The Kier molecular flexibility index (Phi) is 20.9. The molecule has 0 bridgehead atoms. The topological polar surface area (TPSA) is 283 Å². The van der Waals surface area contributed by atoms with Crippen LogP contribution in [0.4, 0.5) is 0 Å². The lowest BCUT2D eigenvalue weighted by Gasteiger charge is -2.51. The van der Waals surface area contributed by atoms with Gasteiger partial charge in [0.1, 0.15) is 73.5 Å². The molecule has 3 amide bonds. The van der Waals surface area contributed by atoms with Crippen LogP contribution in [0.3, 0.4) is 0 Å². The van der Waals surface area contributed by atoms with Gasteiger partial charge >= 0.3 is 29.8 Å². The number of fused-ring (bicyclic) bond motifs is 1. The van der Waals surface area contributed by atoms with E-state index in [0.29, 0.717) is 11.3 Å². The molecule has 3 aromatic carbocycles. The van der Waals surface area contributed by atoms with E-state index < -0.39 is 152 Å². The van der Waals surface area contributed by atoms with Gasteiger partial charge in [0.05, 0.1) is 30.9 Å². The zero-order valence-corrected chi connectivity index (χ0v) is 44.8. The number of benzene rings is 3. The Bertz CT molecular complexity index is 2560. The van der Waals surface area contributed by atoms with Gasteiger partial charge in [-0.1, -0.05) is 79.7 Å². The molecule has 2 N–H and O–H groups in total. The molecule has 3 saturated heterocycles. The van der Waals surface area contributed by atoms with Crippen LogP contribution in [-0.4, -0.2) is 174 Å². The summed E-state index contributed by atoms with van der Waals surface area (Å²) in [4.78, 5) is 106. The van der Waals surface area contributed by atoms with Crippen LogP contribution in [0.15, 0.2) is 84.9 Å². The molecule has 7 rings (SSSR count). The van der Waals surface area contributed by atoms with E-state index in [0.717, 1.165) is 52.0 Å². The first-order chi connectivity index (χ1) is 37.3. The third-order valence-corrected chi connectivity index (χ3v) is 13.8. The molecule has 4 heterocycles. The maximum absolute atomic E-state index is 14.5. The van der Waals surface area contributed by atoms with Crippen molar-refractivity contribution in [2.24, 2.45) is 0 Å². The van der Waals surface area contributed by atoms with Crippen LogP contribution >= 0.6 is 11.8 Å². The van der Waals surface area contributed by atoms with Crippen LogP contribution in [0.2, 0.25) is 0 Å². The summed E-state index contributed by atoms with van der Waals surface area (Å²) in [5, 5.41) is 15.4. The number of carbonyl (C=O) groups is 8. The number of thioether (sulfide) groups is 1. The smallest absolute Gasteiger partial charge is 0.303 e. The van der Waals surface area contributed by atoms with Crippen LogP contribution in [0.5, 0.6) is 0 Å². The summed E-state index contributed by atoms with van der Waals surface area (Å²) in [6.07, 6.45) is -19.4. The third kappa shape index (κ3) is 14.9. The van der Waals surface area contributed by atoms with Crippen molar-refractivity contribution in [3.63, 3.8) is 0 Å². The van der Waals surface area contributed by atoms with Gasteiger partial charge in [-0.05, 0) is 29.0 Å². The quantitative estimate of drug-likeness (QED) is 0.0831. The normalized spacial score (nSPS) is 29.6. The maximum atomic E-state index is 14.5. The SMILES string of the molecule is CCS[C@@H]1O[C@H](COCc2ccccc2)[C@@H](O[C@@H]2O[C@H](COC(C)=O)[C@H](OC(C)=O)[C@H](O[C@H]3O[C@H](COC(C)=O)[C@H](OC(C)=O)[C@H](OC(C)=O)[C@H]3NC(C)=O)[C@H]2O)[C@H](OCc2ccccc2)[C@H]1N1C(=O)c2ccccc2C1=O. The Balaban J connectivity index is 1.35. The highest BCUT2D eigenvalue weighted by molar-refractivity contribution is 7.99. The zero-order valence-electron chi connectivity index (χ0n) is 44.0. The second kappa shape index (κ2) is 27.5. The summed E-state index contributed by atoms with van der Waals surface area (Å²) in [5.41, 5.74) is 0.855. The fraction of sp³-hybridized carbons (Fsp3) is 0.519. The molecule has 0 aliphatic carbocycles. The van der Waals surface area contributed by atoms with E-state index in [2.05, 4.69) is 5.32 Å². The van der Waals surface area contributed by atoms with Crippen molar-refractivity contribution in [1.82, 2.24) is 10.2 Å². The van der Waals surface area contributed by atoms with Crippen LogP contribution in [-0.2, 0) is 98.8 Å². The molecule has 24 heteroatoms. The highest BCUT2D eigenvalue weighted by Crippen LogP contribution is 2.41. The molecule has 4 aliphatic heterocycles. The number of carbonyl (C=O) groups excluding carboxylic acids is 8. The van der Waals surface area contributed by atoms with Gasteiger partial charge in [-0.3, -0.25) is 43.3 Å². The number of imide groups is 1. The van der Waals surface area contributed by atoms with Gasteiger partial charge in [-0.15, -0.1) is 11.8 Å². The number of amides is 3. The predicted octanol–water partition coefficient (Wildman–Crippen LogP) is 2.94. The molecular weight excluding hydrogens is 1040 g/mol. The van der Waals surface area contributed by atoms with Gasteiger partial charge < -0.3 is 67.3 Å². The second-order valence-corrected chi connectivity index (χ2v) is 20.0. The van der Waals surface area contributed by atoms with Crippen LogP contribution < -0.4 is 5.32 Å². The van der Waals surface area contributed by atoms with Gasteiger partial charge in [-0.2, -0.15) is 0 Å². The molecular formula is C54H64N2O21S. The van der Waals surface area contributed by atoms with Crippen molar-refractivity contribution in [3.8, 4) is 0 Å². The Morgan fingerprint density at radius 1 is 0.564 bits per heavy atom. The van der Waals surface area contributed by atoms with E-state index in [1.165, 1.54) is 11.8 Å². The van der Waals surface area contributed by atoms with Crippen molar-refractivity contribution in [2.45, 2.75) is 153 Å². The van der Waals surface area contributed by atoms with E-state index in [1.807, 2.05) is 55.5 Å². The van der Waals surface area contributed by atoms with Crippen molar-refractivity contribution in [1.29, 1.82) is 0 Å². The fourth-order valence-electron chi connectivity index (χ4n) is 9.61. The summed E-state index contributed by atoms with van der Waals surface area (Å²) in [6.45, 7) is 6.94. The molecule has 4 aliphatic rings. The van der Waals surface area contributed by atoms with Gasteiger partial charge in [0.15, 0.2) is 30.9 Å². The van der Waals surface area contributed by atoms with Gasteiger partial charge in [0, 0.05) is 41.5 Å². The Morgan fingerprint density at radius 2 is 1.04 bits per heavy atom. The lowest BCUT2D eigenvalue weighted by Crippen LogP contribution is -2.70. The fourth-order valence-corrected chi connectivity index (χ4v) is 10.6. The number of esters is 5. The van der Waals surface area contributed by atoms with Crippen molar-refractivity contribution < 1.29 is 100 Å². The van der Waals surface area contributed by atoms with Gasteiger partial charge in [-0.25, -0.2) is 0 Å². The number of aliphatic hydroxyl groups is 1. The van der Waals surface area contributed by atoms with Gasteiger partial charge in [0.25, 0.3) is 11.8 Å². The maximum Gasteiger partial charge on any atom is 0.303 e. The first-order valence-corrected chi connectivity index (χ1v) is 26.3. The molecule has 3 aromatic rings. The summed E-state index contributed by atoms with van der Waals surface area (Å²) in [7, 11) is 0. The molecule has 78 heavy (non-hydrogen) atoms. The number of aliphatic hydroxyl groups excluding tert-OH is 1. The summed E-state index contributed by atoms with van der Waals surface area (Å²) >= 11 is 1.30. The number of ether oxygens (including phenoxy) is 12. The Labute approximate surface area is 454 Å². The van der Waals surface area contributed by atoms with Crippen molar-refractivity contribution in [3.05, 3.63) is 107 Å². The zero-order chi connectivity index (χ0) is 56.2. The number of hydrogen-bond acceptors (Lipinski definition) is 22. The molecule has 23 nitrogen and oxygen atoms in total. The molecule has 0 spiro atoms. The van der Waals surface area contributed by atoms with E-state index in [1.54, 1.807) is 36.4 Å². The molecule has 3 fully saturated rings. The van der Waals surface area contributed by atoms with Crippen LogP contribution in [0.25, 0.3) is 0 Å². The highest BCUT2D eigenvalue weighted by Gasteiger charge is 2.59. The van der Waals surface area contributed by atoms with E-state index in [-0.39, 0.29) is 30.9 Å². The summed E-state index contributed by atoms with van der Waals surface area (Å²) < 4.78 is 74.0. The highest BCUT2D eigenvalue weighted by atomic mass is 32.2. The van der Waals surface area contributed by atoms with Crippen molar-refractivity contribution >= 4 is 59.3 Å². The third-order valence-electron chi connectivity index (χ3n) is 12.8. The number of nitrogens with one attached hydrogen (secondary N) is 1. The summed E-state index contributed by atoms with van der Waals surface area (Å²) in [5.74, 6) is -5.79. The Hall–Kier alpha value is -6.35. The number of rotatable bonds is 22.